The molecule has 0 radical (unpaired) electrons. The smallest absolute Gasteiger partial charge is 0.124 e. The summed E-state index contributed by atoms with van der Waals surface area (Å²) in [7, 11) is 1.83. The van der Waals surface area contributed by atoms with Gasteiger partial charge in [-0.2, -0.15) is 5.10 Å². The fourth-order valence-electron chi connectivity index (χ4n) is 1.44. The van der Waals surface area contributed by atoms with Crippen molar-refractivity contribution in [2.24, 2.45) is 7.05 Å². The standard InChI is InChI=1S/C11H11BrN2O/c1-14-7-6-10(13-14)11(15)8-4-2-3-5-9(8)12/h2-7,11,15H,1H3. The van der Waals surface area contributed by atoms with E-state index < -0.39 is 6.10 Å². The summed E-state index contributed by atoms with van der Waals surface area (Å²) >= 11 is 3.41. The van der Waals surface area contributed by atoms with Gasteiger partial charge >= 0.3 is 0 Å². The zero-order chi connectivity index (χ0) is 10.8. The summed E-state index contributed by atoms with van der Waals surface area (Å²) in [6.45, 7) is 0. The van der Waals surface area contributed by atoms with E-state index in [2.05, 4.69) is 21.0 Å². The molecule has 3 nitrogen and oxygen atoms in total. The minimum atomic E-state index is -0.679. The zero-order valence-electron chi connectivity index (χ0n) is 8.26. The van der Waals surface area contributed by atoms with Crippen molar-refractivity contribution in [3.63, 3.8) is 0 Å². The number of hydrogen-bond donors (Lipinski definition) is 1. The minimum absolute atomic E-state index is 0.657. The second kappa shape index (κ2) is 4.16. The third-order valence-electron chi connectivity index (χ3n) is 2.21. The van der Waals surface area contributed by atoms with Crippen LogP contribution in [0, 0.1) is 0 Å². The summed E-state index contributed by atoms with van der Waals surface area (Å²) in [4.78, 5) is 0. The normalized spacial score (nSPS) is 12.7. The lowest BCUT2D eigenvalue weighted by molar-refractivity contribution is 0.213. The van der Waals surface area contributed by atoms with Gasteiger partial charge < -0.3 is 5.11 Å². The molecule has 1 unspecified atom stereocenters. The van der Waals surface area contributed by atoms with Gasteiger partial charge in [-0.25, -0.2) is 0 Å². The van der Waals surface area contributed by atoms with Gasteiger partial charge in [-0.3, -0.25) is 4.68 Å². The molecule has 78 valence electrons. The largest absolute Gasteiger partial charge is 0.382 e. The lowest BCUT2D eigenvalue weighted by Crippen LogP contribution is -2.02. The summed E-state index contributed by atoms with van der Waals surface area (Å²) in [6, 6.07) is 9.40. The number of halogens is 1. The molecule has 1 aromatic carbocycles. The fourth-order valence-corrected chi connectivity index (χ4v) is 1.94. The van der Waals surface area contributed by atoms with Gasteiger partial charge in [0, 0.05) is 23.3 Å². The Bertz CT molecular complexity index is 467. The molecular weight excluding hydrogens is 256 g/mol. The van der Waals surface area contributed by atoms with Gasteiger partial charge in [-0.15, -0.1) is 0 Å². The van der Waals surface area contributed by atoms with Crippen LogP contribution in [0.25, 0.3) is 0 Å². The number of aliphatic hydroxyl groups excluding tert-OH is 1. The number of nitrogens with zero attached hydrogens (tertiary/aromatic N) is 2. The maximum atomic E-state index is 10.1. The number of aliphatic hydroxyl groups is 1. The van der Waals surface area contributed by atoms with E-state index in [9.17, 15) is 5.11 Å². The van der Waals surface area contributed by atoms with Crippen LogP contribution in [0.15, 0.2) is 41.0 Å². The molecule has 1 aromatic heterocycles. The predicted octanol–water partition coefficient (Wildman–Crippen LogP) is 2.26. The third kappa shape index (κ3) is 2.11. The highest BCUT2D eigenvalue weighted by molar-refractivity contribution is 9.10. The van der Waals surface area contributed by atoms with Crippen LogP contribution in [0.2, 0.25) is 0 Å². The molecule has 0 spiro atoms. The Kier molecular flexibility index (Phi) is 2.88. The van der Waals surface area contributed by atoms with E-state index in [0.717, 1.165) is 10.0 Å². The van der Waals surface area contributed by atoms with Crippen LogP contribution in [0.3, 0.4) is 0 Å². The van der Waals surface area contributed by atoms with E-state index in [4.69, 9.17) is 0 Å². The second-order valence-corrected chi connectivity index (χ2v) is 4.19. The van der Waals surface area contributed by atoms with Gasteiger partial charge in [0.25, 0.3) is 0 Å². The van der Waals surface area contributed by atoms with Crippen LogP contribution in [-0.4, -0.2) is 14.9 Å². The number of benzene rings is 1. The van der Waals surface area contributed by atoms with Crippen molar-refractivity contribution >= 4 is 15.9 Å². The van der Waals surface area contributed by atoms with Crippen molar-refractivity contribution in [2.75, 3.05) is 0 Å². The van der Waals surface area contributed by atoms with Gasteiger partial charge in [0.1, 0.15) is 6.10 Å². The van der Waals surface area contributed by atoms with E-state index >= 15 is 0 Å². The molecule has 2 aromatic rings. The van der Waals surface area contributed by atoms with E-state index in [1.807, 2.05) is 43.6 Å². The molecule has 1 N–H and O–H groups in total. The Morgan fingerprint density at radius 2 is 2.07 bits per heavy atom. The Morgan fingerprint density at radius 3 is 2.67 bits per heavy atom. The molecule has 1 atom stereocenters. The first kappa shape index (κ1) is 10.4. The highest BCUT2D eigenvalue weighted by Gasteiger charge is 2.15. The second-order valence-electron chi connectivity index (χ2n) is 3.34. The number of hydrogen-bond acceptors (Lipinski definition) is 2. The predicted molar refractivity (Wildman–Crippen MR) is 61.4 cm³/mol. The number of rotatable bonds is 2. The quantitative estimate of drug-likeness (QED) is 0.906. The van der Waals surface area contributed by atoms with Crippen molar-refractivity contribution < 1.29 is 5.11 Å². The van der Waals surface area contributed by atoms with Crippen molar-refractivity contribution in [3.05, 3.63) is 52.3 Å². The Morgan fingerprint density at radius 1 is 1.33 bits per heavy atom. The first-order valence-electron chi connectivity index (χ1n) is 4.60. The van der Waals surface area contributed by atoms with Crippen molar-refractivity contribution in [3.8, 4) is 0 Å². The van der Waals surface area contributed by atoms with E-state index in [1.165, 1.54) is 0 Å². The molecule has 0 saturated heterocycles. The average molecular weight is 267 g/mol. The summed E-state index contributed by atoms with van der Waals surface area (Å²) in [5.41, 5.74) is 1.49. The first-order chi connectivity index (χ1) is 7.18. The van der Waals surface area contributed by atoms with Gasteiger partial charge in [0.2, 0.25) is 0 Å². The average Bonchev–Trinajstić information content (AvgIpc) is 2.65. The van der Waals surface area contributed by atoms with E-state index in [-0.39, 0.29) is 0 Å². The van der Waals surface area contributed by atoms with Crippen molar-refractivity contribution in [1.82, 2.24) is 9.78 Å². The summed E-state index contributed by atoms with van der Waals surface area (Å²) in [5, 5.41) is 14.3. The minimum Gasteiger partial charge on any atom is -0.382 e. The van der Waals surface area contributed by atoms with Crippen LogP contribution >= 0.6 is 15.9 Å². The van der Waals surface area contributed by atoms with Crippen LogP contribution in [0.4, 0.5) is 0 Å². The van der Waals surface area contributed by atoms with Crippen LogP contribution in [-0.2, 0) is 7.05 Å². The monoisotopic (exact) mass is 266 g/mol. The van der Waals surface area contributed by atoms with Crippen LogP contribution in [0.5, 0.6) is 0 Å². The molecule has 0 fully saturated rings. The van der Waals surface area contributed by atoms with Gasteiger partial charge in [-0.1, -0.05) is 34.1 Å². The lowest BCUT2D eigenvalue weighted by atomic mass is 10.1. The van der Waals surface area contributed by atoms with Crippen LogP contribution in [0.1, 0.15) is 17.4 Å². The highest BCUT2D eigenvalue weighted by atomic mass is 79.9. The molecule has 4 heteroatoms. The molecule has 0 saturated carbocycles. The summed E-state index contributed by atoms with van der Waals surface area (Å²) in [5.74, 6) is 0. The Balaban J connectivity index is 2.36. The molecule has 0 bridgehead atoms. The molecule has 0 aliphatic carbocycles. The molecule has 0 aliphatic heterocycles. The topological polar surface area (TPSA) is 38.0 Å². The number of aromatic nitrogens is 2. The molecule has 15 heavy (non-hydrogen) atoms. The molecule has 0 amide bonds. The Hall–Kier alpha value is -1.13. The van der Waals surface area contributed by atoms with Crippen LogP contribution < -0.4 is 0 Å². The maximum Gasteiger partial charge on any atom is 0.124 e. The Labute approximate surface area is 96.5 Å². The molecular formula is C11H11BrN2O. The van der Waals surface area contributed by atoms with Gasteiger partial charge in [0.05, 0.1) is 5.69 Å². The SMILES string of the molecule is Cn1ccc(C(O)c2ccccc2Br)n1. The van der Waals surface area contributed by atoms with E-state index in [1.54, 1.807) is 4.68 Å². The fraction of sp³-hybridized carbons (Fsp3) is 0.182. The maximum absolute atomic E-state index is 10.1. The van der Waals surface area contributed by atoms with E-state index in [0.29, 0.717) is 5.69 Å². The van der Waals surface area contributed by atoms with Gasteiger partial charge in [0.15, 0.2) is 0 Å². The first-order valence-corrected chi connectivity index (χ1v) is 5.40. The van der Waals surface area contributed by atoms with Crippen molar-refractivity contribution in [1.29, 1.82) is 0 Å². The number of aryl methyl sites for hydroxylation is 1. The molecule has 0 aliphatic rings. The third-order valence-corrected chi connectivity index (χ3v) is 2.94. The van der Waals surface area contributed by atoms with Crippen molar-refractivity contribution in [2.45, 2.75) is 6.10 Å². The highest BCUT2D eigenvalue weighted by Crippen LogP contribution is 2.26. The zero-order valence-corrected chi connectivity index (χ0v) is 9.85. The summed E-state index contributed by atoms with van der Waals surface area (Å²) in [6.07, 6.45) is 1.14. The summed E-state index contributed by atoms with van der Waals surface area (Å²) < 4.78 is 2.57. The molecule has 1 heterocycles. The van der Waals surface area contributed by atoms with Gasteiger partial charge in [-0.05, 0) is 12.1 Å². The lowest BCUT2D eigenvalue weighted by Gasteiger charge is -2.09. The molecule has 2 rings (SSSR count).